The van der Waals surface area contributed by atoms with Gasteiger partial charge in [-0.3, -0.25) is 4.79 Å². The summed E-state index contributed by atoms with van der Waals surface area (Å²) in [5.41, 5.74) is -0.695. The molecule has 0 saturated carbocycles. The molecule has 1 aromatic rings. The van der Waals surface area contributed by atoms with Crippen molar-refractivity contribution in [2.45, 2.75) is 49.0 Å². The van der Waals surface area contributed by atoms with E-state index in [1.54, 1.807) is 0 Å². The molecule has 0 spiro atoms. The number of halogens is 3. The molecule has 2 saturated heterocycles. The summed E-state index contributed by atoms with van der Waals surface area (Å²) < 4.78 is 63.2. The molecule has 2 bridgehead atoms. The first-order valence-corrected chi connectivity index (χ1v) is 9.26. The Labute approximate surface area is 132 Å². The number of carbonyl (C=O) groups excluding carboxylic acids is 1. The number of rotatable bonds is 3. The molecule has 3 nitrogen and oxygen atoms in total. The third kappa shape index (κ3) is 2.91. The maximum Gasteiger partial charge on any atom is 0.266 e. The molecule has 23 heavy (non-hydrogen) atoms. The standard InChI is InChI=1S/C16H17F3O3S/c17-14-8-9(4-5-13(14)16(18)19)15(20)10-6-11-2-1-3-12(7-10)23(11,21)22/h4-5,8,10-12,16H,1-3,6-7H2. The number of Topliss-reactive ketones (excluding diaryl/α,β-unsaturated/α-hetero) is 1. The lowest BCUT2D eigenvalue weighted by Crippen LogP contribution is -2.45. The molecule has 2 unspecified atom stereocenters. The van der Waals surface area contributed by atoms with Crippen LogP contribution in [0.15, 0.2) is 18.2 Å². The van der Waals surface area contributed by atoms with E-state index in [0.29, 0.717) is 12.8 Å². The minimum Gasteiger partial charge on any atom is -0.294 e. The summed E-state index contributed by atoms with van der Waals surface area (Å²) in [6.07, 6.45) is -0.486. The van der Waals surface area contributed by atoms with Gasteiger partial charge in [-0.25, -0.2) is 21.6 Å². The van der Waals surface area contributed by atoms with Crippen LogP contribution in [0.2, 0.25) is 0 Å². The van der Waals surface area contributed by atoms with Gasteiger partial charge in [0.1, 0.15) is 5.82 Å². The van der Waals surface area contributed by atoms with Crippen molar-refractivity contribution in [3.05, 3.63) is 35.1 Å². The van der Waals surface area contributed by atoms with Crippen molar-refractivity contribution in [2.24, 2.45) is 5.92 Å². The Morgan fingerprint density at radius 1 is 1.13 bits per heavy atom. The quantitative estimate of drug-likeness (QED) is 0.784. The van der Waals surface area contributed by atoms with Crippen LogP contribution in [0, 0.1) is 11.7 Å². The van der Waals surface area contributed by atoms with E-state index in [1.807, 2.05) is 0 Å². The van der Waals surface area contributed by atoms with Gasteiger partial charge in [0, 0.05) is 11.5 Å². The second kappa shape index (κ2) is 5.92. The van der Waals surface area contributed by atoms with E-state index in [0.717, 1.165) is 18.6 Å². The van der Waals surface area contributed by atoms with Crippen LogP contribution in [0.1, 0.15) is 54.5 Å². The first kappa shape index (κ1) is 16.5. The van der Waals surface area contributed by atoms with Gasteiger partial charge in [0.05, 0.1) is 16.1 Å². The highest BCUT2D eigenvalue weighted by atomic mass is 32.2. The molecule has 0 radical (unpaired) electrons. The van der Waals surface area contributed by atoms with Crippen LogP contribution in [-0.2, 0) is 9.84 Å². The van der Waals surface area contributed by atoms with Gasteiger partial charge in [0.15, 0.2) is 15.6 Å². The van der Waals surface area contributed by atoms with E-state index >= 15 is 0 Å². The molecule has 2 atom stereocenters. The predicted octanol–water partition coefficient (Wildman–Crippen LogP) is 3.69. The molecule has 2 fully saturated rings. The van der Waals surface area contributed by atoms with Crippen LogP contribution in [-0.4, -0.2) is 24.7 Å². The zero-order valence-corrected chi connectivity index (χ0v) is 13.2. The summed E-state index contributed by atoms with van der Waals surface area (Å²) in [6.45, 7) is 0. The Balaban J connectivity index is 1.83. The largest absolute Gasteiger partial charge is 0.294 e. The van der Waals surface area contributed by atoms with E-state index in [-0.39, 0.29) is 24.2 Å². The fourth-order valence-electron chi connectivity index (χ4n) is 3.72. The Morgan fingerprint density at radius 2 is 1.74 bits per heavy atom. The van der Waals surface area contributed by atoms with Crippen LogP contribution < -0.4 is 0 Å². The lowest BCUT2D eigenvalue weighted by atomic mass is 9.84. The minimum absolute atomic E-state index is 0.0364. The van der Waals surface area contributed by atoms with E-state index in [2.05, 4.69) is 0 Å². The van der Waals surface area contributed by atoms with Crippen molar-refractivity contribution < 1.29 is 26.4 Å². The van der Waals surface area contributed by atoms with Crippen LogP contribution in [0.25, 0.3) is 0 Å². The fourth-order valence-corrected chi connectivity index (χ4v) is 6.25. The summed E-state index contributed by atoms with van der Waals surface area (Å²) in [6, 6.07) is 2.96. The average molecular weight is 346 g/mol. The molecule has 2 aliphatic heterocycles. The number of benzene rings is 1. The third-order valence-corrected chi connectivity index (χ3v) is 7.68. The first-order valence-electron chi connectivity index (χ1n) is 7.65. The number of alkyl halides is 2. The Bertz CT molecular complexity index is 710. The summed E-state index contributed by atoms with van der Waals surface area (Å²) >= 11 is 0. The van der Waals surface area contributed by atoms with E-state index in [9.17, 15) is 26.4 Å². The minimum atomic E-state index is -3.17. The van der Waals surface area contributed by atoms with E-state index in [1.165, 1.54) is 6.07 Å². The molecule has 2 aliphatic rings. The second-order valence-corrected chi connectivity index (χ2v) is 8.84. The summed E-state index contributed by atoms with van der Waals surface area (Å²) in [5, 5.41) is -1.01. The van der Waals surface area contributed by atoms with Crippen molar-refractivity contribution in [3.8, 4) is 0 Å². The van der Waals surface area contributed by atoms with Crippen molar-refractivity contribution in [1.29, 1.82) is 0 Å². The molecule has 0 N–H and O–H groups in total. The van der Waals surface area contributed by atoms with Crippen LogP contribution >= 0.6 is 0 Å². The molecule has 2 heterocycles. The molecule has 3 rings (SSSR count). The lowest BCUT2D eigenvalue weighted by Gasteiger charge is -2.38. The molecule has 1 aromatic carbocycles. The number of hydrogen-bond donors (Lipinski definition) is 0. The average Bonchev–Trinajstić information content (AvgIpc) is 2.44. The monoisotopic (exact) mass is 346 g/mol. The third-order valence-electron chi connectivity index (χ3n) is 4.97. The summed E-state index contributed by atoms with van der Waals surface area (Å²) in [4.78, 5) is 12.5. The Hall–Kier alpha value is -1.37. The SMILES string of the molecule is O=C(c1ccc(C(F)F)c(F)c1)C1CC2CCCC(C1)S2(=O)=O. The molecule has 0 aliphatic carbocycles. The number of ketones is 1. The zero-order chi connectivity index (χ0) is 16.8. The molecule has 126 valence electrons. The number of hydrogen-bond acceptors (Lipinski definition) is 3. The van der Waals surface area contributed by atoms with E-state index in [4.69, 9.17) is 0 Å². The van der Waals surface area contributed by atoms with Gasteiger partial charge in [-0.15, -0.1) is 0 Å². The smallest absolute Gasteiger partial charge is 0.266 e. The summed E-state index contributed by atoms with van der Waals surface area (Å²) in [7, 11) is -3.17. The molecular weight excluding hydrogens is 329 g/mol. The van der Waals surface area contributed by atoms with Gasteiger partial charge in [0.2, 0.25) is 0 Å². The maximum absolute atomic E-state index is 13.7. The van der Waals surface area contributed by atoms with Crippen LogP contribution in [0.4, 0.5) is 13.2 Å². The van der Waals surface area contributed by atoms with Crippen molar-refractivity contribution >= 4 is 15.6 Å². The van der Waals surface area contributed by atoms with Gasteiger partial charge in [-0.1, -0.05) is 12.5 Å². The van der Waals surface area contributed by atoms with Crippen molar-refractivity contribution in [3.63, 3.8) is 0 Å². The Kier molecular flexibility index (Phi) is 4.25. The highest BCUT2D eigenvalue weighted by Crippen LogP contribution is 2.40. The van der Waals surface area contributed by atoms with Crippen LogP contribution in [0.5, 0.6) is 0 Å². The fraction of sp³-hybridized carbons (Fsp3) is 0.562. The Morgan fingerprint density at radius 3 is 2.26 bits per heavy atom. The normalized spacial score (nSPS) is 29.5. The van der Waals surface area contributed by atoms with Crippen molar-refractivity contribution in [1.82, 2.24) is 0 Å². The lowest BCUT2D eigenvalue weighted by molar-refractivity contribution is 0.0892. The van der Waals surface area contributed by atoms with Gasteiger partial charge in [-0.05, 0) is 37.8 Å². The van der Waals surface area contributed by atoms with Crippen molar-refractivity contribution in [2.75, 3.05) is 0 Å². The van der Waals surface area contributed by atoms with Gasteiger partial charge < -0.3 is 0 Å². The molecule has 7 heteroatoms. The second-order valence-electron chi connectivity index (χ2n) is 6.33. The van der Waals surface area contributed by atoms with Gasteiger partial charge in [-0.2, -0.15) is 0 Å². The zero-order valence-electron chi connectivity index (χ0n) is 12.3. The van der Waals surface area contributed by atoms with E-state index < -0.39 is 44.1 Å². The van der Waals surface area contributed by atoms with Gasteiger partial charge >= 0.3 is 0 Å². The summed E-state index contributed by atoms with van der Waals surface area (Å²) in [5.74, 6) is -1.93. The highest BCUT2D eigenvalue weighted by molar-refractivity contribution is 7.92. The topological polar surface area (TPSA) is 51.2 Å². The molecular formula is C16H17F3O3S. The van der Waals surface area contributed by atoms with Gasteiger partial charge in [0.25, 0.3) is 6.43 Å². The van der Waals surface area contributed by atoms with Crippen LogP contribution in [0.3, 0.4) is 0 Å². The number of fused-ring (bicyclic) bond motifs is 2. The maximum atomic E-state index is 13.7. The first-order chi connectivity index (χ1) is 10.8. The molecule has 0 aromatic heterocycles. The molecule has 0 amide bonds. The number of carbonyl (C=O) groups is 1. The highest BCUT2D eigenvalue weighted by Gasteiger charge is 2.46. The predicted molar refractivity (Wildman–Crippen MR) is 78.8 cm³/mol. The number of sulfone groups is 1.